The molecule has 3 aromatic rings. The summed E-state index contributed by atoms with van der Waals surface area (Å²) in [6.45, 7) is 0.732. The summed E-state index contributed by atoms with van der Waals surface area (Å²) in [5.41, 5.74) is 2.92. The van der Waals surface area contributed by atoms with Crippen molar-refractivity contribution >= 4 is 46.4 Å². The van der Waals surface area contributed by atoms with Gasteiger partial charge in [0.1, 0.15) is 30.6 Å². The Hall–Kier alpha value is -3.61. The van der Waals surface area contributed by atoms with Crippen LogP contribution < -0.4 is 19.1 Å². The lowest BCUT2D eigenvalue weighted by Crippen LogP contribution is -2.29. The molecule has 0 N–H and O–H groups in total. The summed E-state index contributed by atoms with van der Waals surface area (Å²) in [5, 5.41) is 0. The largest absolute Gasteiger partial charge is 0.497 e. The number of rotatable bonds is 13. The van der Waals surface area contributed by atoms with E-state index in [1.54, 1.807) is 52.4 Å². The number of methoxy groups -OCH3 is 2. The van der Waals surface area contributed by atoms with E-state index in [0.29, 0.717) is 46.0 Å². The number of hydrogen-bond acceptors (Lipinski definition) is 7. The van der Waals surface area contributed by atoms with E-state index in [-0.39, 0.29) is 12.7 Å². The van der Waals surface area contributed by atoms with Gasteiger partial charge < -0.3 is 33.5 Å². The fourth-order valence-electron chi connectivity index (χ4n) is 3.74. The zero-order chi connectivity index (χ0) is 29.8. The maximum absolute atomic E-state index is 13.9. The van der Waals surface area contributed by atoms with Crippen LogP contribution in [-0.4, -0.2) is 65.7 Å². The van der Waals surface area contributed by atoms with E-state index >= 15 is 0 Å². The molecule has 0 radical (unpaired) electrons. The van der Waals surface area contributed by atoms with Crippen molar-refractivity contribution in [2.75, 3.05) is 53.7 Å². The lowest BCUT2D eigenvalue weighted by atomic mass is 10.0. The third kappa shape index (κ3) is 9.20. The second-order valence-corrected chi connectivity index (χ2v) is 10.2. The molecule has 3 aromatic carbocycles. The van der Waals surface area contributed by atoms with Crippen LogP contribution >= 0.6 is 22.6 Å². The van der Waals surface area contributed by atoms with Gasteiger partial charge in [0.2, 0.25) is 0 Å². The Kier molecular flexibility index (Phi) is 12.4. The molecule has 0 fully saturated rings. The van der Waals surface area contributed by atoms with E-state index in [9.17, 15) is 9.59 Å². The lowest BCUT2D eigenvalue weighted by molar-refractivity contribution is -0.115. The highest BCUT2D eigenvalue weighted by Crippen LogP contribution is 2.32. The quantitative estimate of drug-likeness (QED) is 0.0953. The minimum atomic E-state index is -0.501. The van der Waals surface area contributed by atoms with Crippen LogP contribution in [0.4, 0.5) is 10.5 Å². The molecule has 0 aliphatic carbocycles. The summed E-state index contributed by atoms with van der Waals surface area (Å²) in [4.78, 5) is 28.9. The molecule has 0 heterocycles. The fraction of sp³-hybridized carbons (Fsp3) is 0.290. The molecule has 10 heteroatoms. The van der Waals surface area contributed by atoms with Crippen LogP contribution in [0.15, 0.2) is 72.3 Å². The topological polar surface area (TPSA) is 86.8 Å². The van der Waals surface area contributed by atoms with Gasteiger partial charge in [-0.1, -0.05) is 30.3 Å². The first-order valence-corrected chi connectivity index (χ1v) is 13.9. The van der Waals surface area contributed by atoms with E-state index in [2.05, 4.69) is 22.6 Å². The Morgan fingerprint density at radius 2 is 1.61 bits per heavy atom. The molecule has 0 atom stereocenters. The van der Waals surface area contributed by atoms with Crippen molar-refractivity contribution in [1.82, 2.24) is 4.90 Å². The fourth-order valence-corrected chi connectivity index (χ4v) is 4.57. The van der Waals surface area contributed by atoms with Crippen LogP contribution in [0.5, 0.6) is 17.2 Å². The SMILES string of the molecule is COCOCC/C(=C\c1ccccc1COc1ccc(OC)cc1)C(=O)N(C)c1cccc(OC(=O)N(C)C)c1I. The zero-order valence-corrected chi connectivity index (χ0v) is 26.0. The standard InChI is InChI=1S/C31H35IN2O7/c1-33(2)31(36)41-28-12-8-11-27(29(28)32)34(3)30(35)23(17-18-39-21-37-4)19-22-9-6-7-10-24(22)20-40-26-15-13-25(38-5)14-16-26/h6-16,19H,17-18,20-21H2,1-5H3/b23-19+. The van der Waals surface area contributed by atoms with Crippen LogP contribution in [0.2, 0.25) is 0 Å². The highest BCUT2D eigenvalue weighted by Gasteiger charge is 2.21. The number of carbonyl (C=O) groups excluding carboxylic acids is 2. The van der Waals surface area contributed by atoms with Gasteiger partial charge in [-0.05, 0) is 76.2 Å². The molecule has 0 spiro atoms. The highest BCUT2D eigenvalue weighted by atomic mass is 127. The van der Waals surface area contributed by atoms with E-state index < -0.39 is 6.09 Å². The van der Waals surface area contributed by atoms with Crippen molar-refractivity contribution in [3.63, 3.8) is 0 Å². The summed E-state index contributed by atoms with van der Waals surface area (Å²) < 4.78 is 27.9. The molecule has 0 aromatic heterocycles. The third-order valence-electron chi connectivity index (χ3n) is 6.00. The van der Waals surface area contributed by atoms with Gasteiger partial charge in [0.25, 0.3) is 5.91 Å². The van der Waals surface area contributed by atoms with Gasteiger partial charge in [-0.2, -0.15) is 0 Å². The number of benzene rings is 3. The van der Waals surface area contributed by atoms with Gasteiger partial charge in [-0.3, -0.25) is 4.79 Å². The number of halogens is 1. The Balaban J connectivity index is 1.88. The predicted octanol–water partition coefficient (Wildman–Crippen LogP) is 6.00. The molecule has 0 unspecified atom stereocenters. The summed E-state index contributed by atoms with van der Waals surface area (Å²) in [7, 11) is 8.08. The van der Waals surface area contributed by atoms with Crippen LogP contribution in [-0.2, 0) is 20.9 Å². The van der Waals surface area contributed by atoms with Gasteiger partial charge in [0, 0.05) is 40.2 Å². The molecule has 0 saturated heterocycles. The van der Waals surface area contributed by atoms with Crippen molar-refractivity contribution in [2.45, 2.75) is 13.0 Å². The molecule has 0 aliphatic heterocycles. The first kappa shape index (κ1) is 31.9. The Labute approximate surface area is 254 Å². The summed E-state index contributed by atoms with van der Waals surface area (Å²) in [5.74, 6) is 1.61. The molecular formula is C31H35IN2O7. The lowest BCUT2D eigenvalue weighted by Gasteiger charge is -2.22. The van der Waals surface area contributed by atoms with Crippen molar-refractivity contribution < 1.29 is 33.3 Å². The van der Waals surface area contributed by atoms with Crippen molar-refractivity contribution in [1.29, 1.82) is 0 Å². The smallest absolute Gasteiger partial charge is 0.414 e. The number of ether oxygens (including phenoxy) is 5. The van der Waals surface area contributed by atoms with Gasteiger partial charge >= 0.3 is 6.09 Å². The molecule has 3 rings (SSSR count). The van der Waals surface area contributed by atoms with Crippen LogP contribution in [0, 0.1) is 3.57 Å². The van der Waals surface area contributed by atoms with Crippen molar-refractivity contribution in [3.8, 4) is 17.2 Å². The Morgan fingerprint density at radius 3 is 2.29 bits per heavy atom. The van der Waals surface area contributed by atoms with Crippen LogP contribution in [0.1, 0.15) is 17.5 Å². The van der Waals surface area contributed by atoms with Crippen molar-refractivity contribution in [3.05, 3.63) is 87.0 Å². The minimum Gasteiger partial charge on any atom is -0.497 e. The van der Waals surface area contributed by atoms with E-state index in [0.717, 1.165) is 16.9 Å². The monoisotopic (exact) mass is 674 g/mol. The Bertz CT molecular complexity index is 1340. The average Bonchev–Trinajstić information content (AvgIpc) is 2.98. The van der Waals surface area contributed by atoms with Crippen LogP contribution in [0.3, 0.4) is 0 Å². The van der Waals surface area contributed by atoms with E-state index in [4.69, 9.17) is 23.7 Å². The van der Waals surface area contributed by atoms with Crippen molar-refractivity contribution in [2.24, 2.45) is 0 Å². The third-order valence-corrected chi connectivity index (χ3v) is 7.09. The maximum Gasteiger partial charge on any atom is 0.414 e. The number of likely N-dealkylation sites (N-methyl/N-ethyl adjacent to an activating group) is 1. The number of anilines is 1. The van der Waals surface area contributed by atoms with Gasteiger partial charge in [0.15, 0.2) is 0 Å². The maximum atomic E-state index is 13.9. The number of carbonyl (C=O) groups is 2. The molecule has 0 aliphatic rings. The second-order valence-electron chi connectivity index (χ2n) is 9.11. The van der Waals surface area contributed by atoms with Gasteiger partial charge in [-0.15, -0.1) is 0 Å². The van der Waals surface area contributed by atoms with Gasteiger partial charge in [-0.25, -0.2) is 4.79 Å². The zero-order valence-electron chi connectivity index (χ0n) is 23.9. The van der Waals surface area contributed by atoms with Crippen LogP contribution in [0.25, 0.3) is 6.08 Å². The number of nitrogens with zero attached hydrogens (tertiary/aromatic N) is 2. The molecular weight excluding hydrogens is 639 g/mol. The molecule has 0 saturated carbocycles. The first-order valence-electron chi connectivity index (χ1n) is 12.8. The predicted molar refractivity (Wildman–Crippen MR) is 166 cm³/mol. The second kappa shape index (κ2) is 16.0. The minimum absolute atomic E-state index is 0.126. The molecule has 9 nitrogen and oxygen atoms in total. The summed E-state index contributed by atoms with van der Waals surface area (Å²) in [6.07, 6.45) is 1.72. The average molecular weight is 675 g/mol. The molecule has 2 amide bonds. The molecule has 218 valence electrons. The van der Waals surface area contributed by atoms with E-state index in [1.807, 2.05) is 60.7 Å². The highest BCUT2D eigenvalue weighted by molar-refractivity contribution is 14.1. The first-order chi connectivity index (χ1) is 19.7. The summed E-state index contributed by atoms with van der Waals surface area (Å²) in [6, 6.07) is 20.4. The number of hydrogen-bond donors (Lipinski definition) is 0. The molecule has 41 heavy (non-hydrogen) atoms. The molecule has 0 bridgehead atoms. The summed E-state index contributed by atoms with van der Waals surface area (Å²) >= 11 is 2.08. The Morgan fingerprint density at radius 1 is 0.902 bits per heavy atom. The van der Waals surface area contributed by atoms with Gasteiger partial charge in [0.05, 0.1) is 23.0 Å². The van der Waals surface area contributed by atoms with E-state index in [1.165, 1.54) is 4.90 Å². The normalized spacial score (nSPS) is 11.1. The number of amides is 2.